The lowest BCUT2D eigenvalue weighted by Crippen LogP contribution is -2.31. The van der Waals surface area contributed by atoms with Gasteiger partial charge in [-0.05, 0) is 18.3 Å². The van der Waals surface area contributed by atoms with E-state index in [0.717, 1.165) is 25.4 Å². The summed E-state index contributed by atoms with van der Waals surface area (Å²) in [4.78, 5) is 21.9. The van der Waals surface area contributed by atoms with Crippen LogP contribution in [0.1, 0.15) is 49.9 Å². The van der Waals surface area contributed by atoms with Crippen molar-refractivity contribution >= 4 is 11.9 Å². The van der Waals surface area contributed by atoms with Gasteiger partial charge in [0.2, 0.25) is 5.95 Å². The number of hydrogen-bond donors (Lipinski definition) is 1. The number of aromatic nitrogens is 2. The van der Waals surface area contributed by atoms with E-state index < -0.39 is 5.91 Å². The molecule has 1 aliphatic carbocycles. The summed E-state index contributed by atoms with van der Waals surface area (Å²) in [6.45, 7) is 6.38. The quantitative estimate of drug-likeness (QED) is 0.790. The highest BCUT2D eigenvalue weighted by molar-refractivity contribution is 5.92. The lowest BCUT2D eigenvalue weighted by molar-refractivity contribution is 0.0999. The minimum atomic E-state index is -0.483. The van der Waals surface area contributed by atoms with Crippen LogP contribution in [0, 0.1) is 11.8 Å². The smallest absolute Gasteiger partial charge is 0.251 e. The van der Waals surface area contributed by atoms with Crippen LogP contribution in [-0.2, 0) is 0 Å². The first-order chi connectivity index (χ1) is 9.60. The Morgan fingerprint density at radius 1 is 1.45 bits per heavy atom. The van der Waals surface area contributed by atoms with Crippen molar-refractivity contribution in [3.05, 3.63) is 18.0 Å². The van der Waals surface area contributed by atoms with E-state index in [2.05, 4.69) is 28.7 Å². The van der Waals surface area contributed by atoms with Gasteiger partial charge in [-0.25, -0.2) is 9.97 Å². The van der Waals surface area contributed by atoms with Gasteiger partial charge in [0.1, 0.15) is 0 Å². The van der Waals surface area contributed by atoms with Crippen LogP contribution in [0.25, 0.3) is 0 Å². The summed E-state index contributed by atoms with van der Waals surface area (Å²) in [6.07, 6.45) is 8.10. The summed E-state index contributed by atoms with van der Waals surface area (Å²) in [5.74, 6) is 1.71. The second kappa shape index (κ2) is 6.68. The number of nitrogens with two attached hydrogens (primary N) is 1. The van der Waals surface area contributed by atoms with Crippen LogP contribution in [0.4, 0.5) is 5.95 Å². The van der Waals surface area contributed by atoms with E-state index in [-0.39, 0.29) is 0 Å². The maximum atomic E-state index is 11.1. The molecule has 2 rings (SSSR count). The highest BCUT2D eigenvalue weighted by Gasteiger charge is 2.23. The molecule has 1 unspecified atom stereocenters. The molecule has 5 nitrogen and oxygen atoms in total. The molecule has 1 amide bonds. The molecule has 1 atom stereocenters. The molecule has 1 aromatic heterocycles. The number of nitrogens with zero attached hydrogens (tertiary/aromatic N) is 3. The molecule has 1 fully saturated rings. The first-order valence-corrected chi connectivity index (χ1v) is 7.47. The van der Waals surface area contributed by atoms with Crippen molar-refractivity contribution in [2.45, 2.75) is 39.5 Å². The number of amides is 1. The van der Waals surface area contributed by atoms with Crippen molar-refractivity contribution in [2.75, 3.05) is 18.0 Å². The average Bonchev–Trinajstić information content (AvgIpc) is 3.27. The van der Waals surface area contributed by atoms with Crippen LogP contribution in [0.2, 0.25) is 0 Å². The monoisotopic (exact) mass is 276 g/mol. The largest absolute Gasteiger partial charge is 0.366 e. The van der Waals surface area contributed by atoms with Gasteiger partial charge in [0.25, 0.3) is 5.91 Å². The molecule has 20 heavy (non-hydrogen) atoms. The fraction of sp³-hybridized carbons (Fsp3) is 0.667. The van der Waals surface area contributed by atoms with Gasteiger partial charge in [-0.3, -0.25) is 4.79 Å². The molecule has 0 saturated heterocycles. The lowest BCUT2D eigenvalue weighted by atomic mass is 10.1. The molecule has 1 aromatic rings. The molecule has 1 heterocycles. The molecule has 0 bridgehead atoms. The van der Waals surface area contributed by atoms with Gasteiger partial charge in [0, 0.05) is 25.5 Å². The second-order valence-corrected chi connectivity index (χ2v) is 5.83. The van der Waals surface area contributed by atoms with E-state index >= 15 is 0 Å². The van der Waals surface area contributed by atoms with Gasteiger partial charge in [-0.2, -0.15) is 0 Å². The van der Waals surface area contributed by atoms with E-state index in [1.54, 1.807) is 0 Å². The van der Waals surface area contributed by atoms with E-state index in [0.29, 0.717) is 17.4 Å². The predicted octanol–water partition coefficient (Wildman–Crippen LogP) is 2.23. The van der Waals surface area contributed by atoms with Gasteiger partial charge in [0.05, 0.1) is 5.56 Å². The van der Waals surface area contributed by atoms with Gasteiger partial charge < -0.3 is 10.6 Å². The van der Waals surface area contributed by atoms with Crippen molar-refractivity contribution in [3.8, 4) is 0 Å². The number of carbonyl (C=O) groups excluding carboxylic acids is 1. The Hall–Kier alpha value is -1.65. The number of anilines is 1. The van der Waals surface area contributed by atoms with Crippen LogP contribution in [0.15, 0.2) is 12.4 Å². The zero-order chi connectivity index (χ0) is 14.5. The first-order valence-electron chi connectivity index (χ1n) is 7.47. The van der Waals surface area contributed by atoms with Gasteiger partial charge >= 0.3 is 0 Å². The van der Waals surface area contributed by atoms with E-state index in [9.17, 15) is 4.79 Å². The Labute approximate surface area is 120 Å². The zero-order valence-corrected chi connectivity index (χ0v) is 12.4. The number of primary amides is 1. The Kier molecular flexibility index (Phi) is 4.93. The van der Waals surface area contributed by atoms with Crippen molar-refractivity contribution in [1.82, 2.24) is 9.97 Å². The minimum absolute atomic E-state index is 0.361. The normalized spacial score (nSPS) is 15.9. The Balaban J connectivity index is 2.04. The first kappa shape index (κ1) is 14.8. The molecule has 1 saturated carbocycles. The highest BCUT2D eigenvalue weighted by Crippen LogP contribution is 2.32. The molecule has 1 aliphatic rings. The maximum absolute atomic E-state index is 11.1. The molecule has 2 N–H and O–H groups in total. The summed E-state index contributed by atoms with van der Waals surface area (Å²) in [5.41, 5.74) is 5.58. The minimum Gasteiger partial charge on any atom is -0.366 e. The summed E-state index contributed by atoms with van der Waals surface area (Å²) < 4.78 is 0. The van der Waals surface area contributed by atoms with E-state index in [4.69, 9.17) is 5.73 Å². The molecule has 0 spiro atoms. The topological polar surface area (TPSA) is 72.1 Å². The SMILES string of the molecule is CCC(C)CN(CCC1CC1)c1ncc(C(N)=O)cn1. The molecule has 5 heteroatoms. The maximum Gasteiger partial charge on any atom is 0.251 e. The zero-order valence-electron chi connectivity index (χ0n) is 12.4. The van der Waals surface area contributed by atoms with Crippen molar-refractivity contribution in [1.29, 1.82) is 0 Å². The summed E-state index contributed by atoms with van der Waals surface area (Å²) in [7, 11) is 0. The number of carbonyl (C=O) groups is 1. The highest BCUT2D eigenvalue weighted by atomic mass is 16.1. The van der Waals surface area contributed by atoms with Crippen LogP contribution in [0.3, 0.4) is 0 Å². The van der Waals surface area contributed by atoms with Crippen LogP contribution in [0.5, 0.6) is 0 Å². The van der Waals surface area contributed by atoms with Crippen LogP contribution in [-0.4, -0.2) is 29.0 Å². The molecular formula is C15H24N4O. The summed E-state index contributed by atoms with van der Waals surface area (Å²) >= 11 is 0. The molecule has 0 aliphatic heterocycles. The van der Waals surface area contributed by atoms with Crippen molar-refractivity contribution in [2.24, 2.45) is 17.6 Å². The Morgan fingerprint density at radius 3 is 2.60 bits per heavy atom. The van der Waals surface area contributed by atoms with Crippen molar-refractivity contribution in [3.63, 3.8) is 0 Å². The lowest BCUT2D eigenvalue weighted by Gasteiger charge is -2.25. The fourth-order valence-corrected chi connectivity index (χ4v) is 2.13. The average molecular weight is 276 g/mol. The molecule has 0 aromatic carbocycles. The fourth-order valence-electron chi connectivity index (χ4n) is 2.13. The van der Waals surface area contributed by atoms with Crippen molar-refractivity contribution < 1.29 is 4.79 Å². The predicted molar refractivity (Wildman–Crippen MR) is 79.6 cm³/mol. The van der Waals surface area contributed by atoms with Gasteiger partial charge in [0.15, 0.2) is 0 Å². The third-order valence-electron chi connectivity index (χ3n) is 3.94. The molecular weight excluding hydrogens is 252 g/mol. The van der Waals surface area contributed by atoms with E-state index in [1.165, 1.54) is 31.7 Å². The summed E-state index contributed by atoms with van der Waals surface area (Å²) in [6, 6.07) is 0. The Morgan fingerprint density at radius 2 is 2.10 bits per heavy atom. The molecule has 110 valence electrons. The summed E-state index contributed by atoms with van der Waals surface area (Å²) in [5, 5.41) is 0. The standard InChI is InChI=1S/C15H24N4O/c1-3-11(2)10-19(7-6-12-4-5-12)15-17-8-13(9-18-15)14(16)20/h8-9,11-12H,3-7,10H2,1-2H3,(H2,16,20). The van der Waals surface area contributed by atoms with Crippen LogP contribution < -0.4 is 10.6 Å². The second-order valence-electron chi connectivity index (χ2n) is 5.83. The number of rotatable bonds is 8. The Bertz CT molecular complexity index is 442. The van der Waals surface area contributed by atoms with Gasteiger partial charge in [-0.15, -0.1) is 0 Å². The third kappa shape index (κ3) is 4.18. The van der Waals surface area contributed by atoms with E-state index in [1.807, 2.05) is 0 Å². The third-order valence-corrected chi connectivity index (χ3v) is 3.94. The number of hydrogen-bond acceptors (Lipinski definition) is 4. The molecule has 0 radical (unpaired) electrons. The van der Waals surface area contributed by atoms with Gasteiger partial charge in [-0.1, -0.05) is 33.1 Å². The van der Waals surface area contributed by atoms with Crippen LogP contribution >= 0.6 is 0 Å².